The molecule has 5 rings (SSSR count). The molecule has 0 radical (unpaired) electrons. The third-order valence-corrected chi connectivity index (χ3v) is 12.4. The first-order valence-electron chi connectivity index (χ1n) is 18.0. The Labute approximate surface area is 322 Å². The van der Waals surface area contributed by atoms with Crippen LogP contribution in [0.25, 0.3) is 0 Å². The Bertz CT molecular complexity index is 1560. The van der Waals surface area contributed by atoms with E-state index in [1.54, 1.807) is 38.4 Å². The molecule has 2 aliphatic rings. The predicted octanol–water partition coefficient (Wildman–Crippen LogP) is 9.67. The SMILES string of the molecule is C.C[C@@H]1C(COP(C)(C)=O)OC(O)C(OCc2ccccc2)[C@H]1C.C[C@@H]1C(COP(C)(C)=O)O[C@H](Sc2ccccc2)C(OCc2ccccc2)[C@H]1C. The van der Waals surface area contributed by atoms with Gasteiger partial charge in [0.05, 0.1) is 44.7 Å². The number of hydrogen-bond donors (Lipinski definition) is 1. The van der Waals surface area contributed by atoms with Gasteiger partial charge >= 0.3 is 0 Å². The van der Waals surface area contributed by atoms with Crippen molar-refractivity contribution in [2.24, 2.45) is 23.7 Å². The molecule has 1 N–H and O–H groups in total. The summed E-state index contributed by atoms with van der Waals surface area (Å²) in [6.07, 6.45) is -1.86. The zero-order chi connectivity index (χ0) is 37.9. The van der Waals surface area contributed by atoms with E-state index in [-0.39, 0.29) is 61.5 Å². The van der Waals surface area contributed by atoms with Crippen LogP contribution in [0.15, 0.2) is 95.9 Å². The molecule has 2 saturated heterocycles. The highest BCUT2D eigenvalue weighted by molar-refractivity contribution is 7.99. The smallest absolute Gasteiger partial charge is 0.197 e. The third-order valence-electron chi connectivity index (χ3n) is 9.71. The molecule has 12 heteroatoms. The first-order chi connectivity index (χ1) is 24.6. The highest BCUT2D eigenvalue weighted by Crippen LogP contribution is 2.43. The summed E-state index contributed by atoms with van der Waals surface area (Å²) in [6.45, 7) is 16.4. The summed E-state index contributed by atoms with van der Waals surface area (Å²) >= 11 is 1.68. The normalized spacial score (nSPS) is 29.0. The molecule has 0 amide bonds. The fourth-order valence-corrected chi connectivity index (χ4v) is 8.40. The molecule has 2 fully saturated rings. The fraction of sp³-hybridized carbons (Fsp3) is 0.561. The van der Waals surface area contributed by atoms with E-state index in [1.165, 1.54) is 0 Å². The lowest BCUT2D eigenvalue weighted by atomic mass is 9.83. The maximum absolute atomic E-state index is 12.0. The summed E-state index contributed by atoms with van der Waals surface area (Å²) in [5, 5.41) is 10.3. The van der Waals surface area contributed by atoms with Gasteiger partial charge in [0.25, 0.3) is 0 Å². The van der Waals surface area contributed by atoms with Crippen LogP contribution in [-0.4, -0.2) is 81.1 Å². The monoisotopic (exact) mass is 792 g/mol. The van der Waals surface area contributed by atoms with Gasteiger partial charge in [-0.3, -0.25) is 9.13 Å². The number of aliphatic hydroxyl groups excluding tert-OH is 1. The van der Waals surface area contributed by atoms with Gasteiger partial charge in [-0.15, -0.1) is 0 Å². The molecule has 0 saturated carbocycles. The van der Waals surface area contributed by atoms with Gasteiger partial charge in [-0.05, 0) is 46.9 Å². The molecule has 5 unspecified atom stereocenters. The van der Waals surface area contributed by atoms with Crippen LogP contribution in [-0.2, 0) is 50.3 Å². The lowest BCUT2D eigenvalue weighted by Crippen LogP contribution is -2.51. The Kier molecular flexibility index (Phi) is 18.5. The lowest BCUT2D eigenvalue weighted by Gasteiger charge is -2.44. The minimum absolute atomic E-state index is 0. The molecule has 10 atom stereocenters. The second-order valence-corrected chi connectivity index (χ2v) is 21.3. The Morgan fingerprint density at radius 2 is 1.00 bits per heavy atom. The Morgan fingerprint density at radius 3 is 1.45 bits per heavy atom. The van der Waals surface area contributed by atoms with Gasteiger partial charge in [0.15, 0.2) is 21.0 Å². The van der Waals surface area contributed by atoms with Crippen molar-refractivity contribution in [1.82, 2.24) is 0 Å². The Morgan fingerprint density at radius 1 is 0.604 bits per heavy atom. The number of ether oxygens (including phenoxy) is 4. The molecule has 3 aromatic carbocycles. The molecule has 2 aliphatic heterocycles. The predicted molar refractivity (Wildman–Crippen MR) is 216 cm³/mol. The van der Waals surface area contributed by atoms with E-state index in [0.29, 0.717) is 19.8 Å². The topological polar surface area (TPSA) is 110 Å². The van der Waals surface area contributed by atoms with Crippen molar-refractivity contribution in [3.8, 4) is 0 Å². The van der Waals surface area contributed by atoms with Crippen molar-refractivity contribution >= 4 is 26.5 Å². The Balaban J connectivity index is 0.000000288. The van der Waals surface area contributed by atoms with E-state index in [1.807, 2.05) is 80.6 Å². The molecule has 0 aromatic heterocycles. The van der Waals surface area contributed by atoms with Crippen LogP contribution in [0.2, 0.25) is 0 Å². The van der Waals surface area contributed by atoms with Crippen molar-refractivity contribution < 1.29 is 42.2 Å². The van der Waals surface area contributed by atoms with Crippen molar-refractivity contribution in [2.45, 2.75) is 89.4 Å². The van der Waals surface area contributed by atoms with Gasteiger partial charge < -0.3 is 33.1 Å². The highest BCUT2D eigenvalue weighted by Gasteiger charge is 2.44. The molecular weight excluding hydrogens is 730 g/mol. The van der Waals surface area contributed by atoms with Gasteiger partial charge in [-0.2, -0.15) is 0 Å². The van der Waals surface area contributed by atoms with E-state index in [0.717, 1.165) is 16.0 Å². The van der Waals surface area contributed by atoms with Crippen LogP contribution in [0.4, 0.5) is 0 Å². The van der Waals surface area contributed by atoms with E-state index < -0.39 is 27.1 Å². The van der Waals surface area contributed by atoms with Gasteiger partial charge in [-0.25, -0.2) is 0 Å². The second kappa shape index (κ2) is 21.5. The molecule has 53 heavy (non-hydrogen) atoms. The van der Waals surface area contributed by atoms with Crippen molar-refractivity contribution in [1.29, 1.82) is 0 Å². The first-order valence-corrected chi connectivity index (χ1v) is 23.9. The zero-order valence-corrected chi connectivity index (χ0v) is 34.4. The molecule has 2 heterocycles. The first kappa shape index (κ1) is 45.6. The molecule has 3 aromatic rings. The lowest BCUT2D eigenvalue weighted by molar-refractivity contribution is -0.268. The fourth-order valence-electron chi connectivity index (χ4n) is 6.15. The minimum atomic E-state index is -2.56. The molecule has 0 aliphatic carbocycles. The zero-order valence-electron chi connectivity index (χ0n) is 31.8. The number of benzene rings is 3. The number of thioether (sulfide) groups is 1. The van der Waals surface area contributed by atoms with Crippen molar-refractivity contribution in [3.63, 3.8) is 0 Å². The average Bonchev–Trinajstić information content (AvgIpc) is 3.11. The number of rotatable bonds is 14. The summed E-state index contributed by atoms with van der Waals surface area (Å²) in [7, 11) is -5.11. The minimum Gasteiger partial charge on any atom is -0.370 e. The molecule has 0 spiro atoms. The van der Waals surface area contributed by atoms with Crippen molar-refractivity contribution in [3.05, 3.63) is 102 Å². The molecule has 296 valence electrons. The van der Waals surface area contributed by atoms with Gasteiger partial charge in [0, 0.05) is 31.6 Å². The summed E-state index contributed by atoms with van der Waals surface area (Å²) in [5.74, 6) is 0.736. The van der Waals surface area contributed by atoms with E-state index in [2.05, 4.69) is 38.1 Å². The van der Waals surface area contributed by atoms with Crippen LogP contribution in [0.1, 0.15) is 46.2 Å². The maximum Gasteiger partial charge on any atom is 0.197 e. The van der Waals surface area contributed by atoms with Crippen LogP contribution in [0.5, 0.6) is 0 Å². The summed E-state index contributed by atoms with van der Waals surface area (Å²) < 4.78 is 59.1. The van der Waals surface area contributed by atoms with E-state index in [9.17, 15) is 14.2 Å². The molecule has 0 bridgehead atoms. The van der Waals surface area contributed by atoms with Crippen molar-refractivity contribution in [2.75, 3.05) is 39.9 Å². The Hall–Kier alpha value is -1.81. The summed E-state index contributed by atoms with van der Waals surface area (Å²) in [6, 6.07) is 30.3. The summed E-state index contributed by atoms with van der Waals surface area (Å²) in [4.78, 5) is 1.14. The van der Waals surface area contributed by atoms with Crippen LogP contribution in [0.3, 0.4) is 0 Å². The average molecular weight is 793 g/mol. The van der Waals surface area contributed by atoms with Gasteiger partial charge in [-0.1, -0.05) is 126 Å². The quantitative estimate of drug-likeness (QED) is 0.159. The second-order valence-electron chi connectivity index (χ2n) is 14.6. The number of hydrogen-bond acceptors (Lipinski definition) is 10. The standard InChI is InChI=1S/C23H31O4PS.C17H27O5P.CH4/c1-17-18(2)22(25-15-19-11-7-5-8-12-19)23(29-20-13-9-6-10-14-20)27-21(17)16-26-28(3,4)24;1-12-13(2)16(20-10-14-8-6-5-7-9-14)17(18)22-15(12)11-21-23(3,4)19;/h5-14,17-18,21-23H,15-16H2,1-4H3;5-9,12-13,15-18H,10-11H2,1-4H3;1H4/t17-,18-,21?,22?,23+;12-,13-,15?,16?,17?;/m00./s1. The van der Waals surface area contributed by atoms with Gasteiger partial charge in [0.1, 0.15) is 11.5 Å². The molecular formula is C41H62O9P2S. The van der Waals surface area contributed by atoms with Crippen LogP contribution >= 0.6 is 26.5 Å². The molecule has 9 nitrogen and oxygen atoms in total. The number of aliphatic hydroxyl groups is 1. The summed E-state index contributed by atoms with van der Waals surface area (Å²) in [5.41, 5.74) is 2.05. The maximum atomic E-state index is 12.0. The largest absolute Gasteiger partial charge is 0.370 e. The van der Waals surface area contributed by atoms with E-state index >= 15 is 0 Å². The highest BCUT2D eigenvalue weighted by atomic mass is 32.2. The van der Waals surface area contributed by atoms with E-state index in [4.69, 9.17) is 28.0 Å². The van der Waals surface area contributed by atoms with Gasteiger partial charge in [0.2, 0.25) is 0 Å². The van der Waals surface area contributed by atoms with Crippen LogP contribution in [0, 0.1) is 23.7 Å². The third kappa shape index (κ3) is 15.0. The van der Waals surface area contributed by atoms with Crippen LogP contribution < -0.4 is 0 Å².